The Morgan fingerprint density at radius 2 is 2.17 bits per heavy atom. The van der Waals surface area contributed by atoms with Gasteiger partial charge in [0.15, 0.2) is 0 Å². The van der Waals surface area contributed by atoms with Crippen LogP contribution in [-0.2, 0) is 13.9 Å². The fourth-order valence-corrected chi connectivity index (χ4v) is 1.03. The first-order valence-corrected chi connectivity index (χ1v) is 4.76. The molecule has 0 spiro atoms. The molecule has 0 heterocycles. The van der Waals surface area contributed by atoms with E-state index in [2.05, 4.69) is 4.52 Å². The van der Waals surface area contributed by atoms with Gasteiger partial charge < -0.3 is 16.0 Å². The Kier molecular flexibility index (Phi) is 7.05. The van der Waals surface area contributed by atoms with E-state index in [0.717, 1.165) is 12.8 Å². The standard InChI is InChI=1S/C6H15N2O3P/c7-4-2-1-3-5(8)6(9)11-12-10/h5H,1-4,7-8,12H2/t5-/m0/s1. The Bertz CT molecular complexity index is 154. The molecule has 4 N–H and O–H groups in total. The van der Waals surface area contributed by atoms with Crippen molar-refractivity contribution in [3.05, 3.63) is 0 Å². The first-order valence-electron chi connectivity index (χ1n) is 3.82. The van der Waals surface area contributed by atoms with Crippen molar-refractivity contribution in [2.45, 2.75) is 25.3 Å². The van der Waals surface area contributed by atoms with Crippen LogP contribution >= 0.6 is 8.69 Å². The molecule has 5 nitrogen and oxygen atoms in total. The summed E-state index contributed by atoms with van der Waals surface area (Å²) in [7, 11) is -1.49. The maximum absolute atomic E-state index is 10.8. The number of carbonyl (C=O) groups excluding carboxylic acids is 1. The summed E-state index contributed by atoms with van der Waals surface area (Å²) in [5, 5.41) is 0. The zero-order chi connectivity index (χ0) is 9.40. The molecule has 0 aromatic rings. The van der Waals surface area contributed by atoms with Gasteiger partial charge in [-0.1, -0.05) is 6.42 Å². The maximum Gasteiger partial charge on any atom is 0.327 e. The van der Waals surface area contributed by atoms with E-state index >= 15 is 0 Å². The molecule has 0 aliphatic carbocycles. The van der Waals surface area contributed by atoms with Gasteiger partial charge in [0, 0.05) is 0 Å². The van der Waals surface area contributed by atoms with Crippen LogP contribution in [0.15, 0.2) is 0 Å². The second-order valence-electron chi connectivity index (χ2n) is 2.42. The lowest BCUT2D eigenvalue weighted by atomic mass is 10.1. The molecular formula is C6H15N2O3P. The Morgan fingerprint density at radius 3 is 2.67 bits per heavy atom. The third-order valence-corrected chi connectivity index (χ3v) is 1.76. The minimum atomic E-state index is -1.49. The summed E-state index contributed by atoms with van der Waals surface area (Å²) < 4.78 is 14.2. The molecule has 0 saturated heterocycles. The van der Waals surface area contributed by atoms with Crippen LogP contribution in [0.3, 0.4) is 0 Å². The van der Waals surface area contributed by atoms with Crippen molar-refractivity contribution in [3.63, 3.8) is 0 Å². The predicted molar refractivity (Wildman–Crippen MR) is 47.4 cm³/mol. The van der Waals surface area contributed by atoms with Crippen molar-refractivity contribution < 1.29 is 13.9 Å². The summed E-state index contributed by atoms with van der Waals surface area (Å²) in [6, 6.07) is -0.655. The summed E-state index contributed by atoms with van der Waals surface area (Å²) in [6.07, 6.45) is 2.17. The Hall–Kier alpha value is -0.380. The van der Waals surface area contributed by atoms with Crippen molar-refractivity contribution in [1.82, 2.24) is 0 Å². The van der Waals surface area contributed by atoms with Gasteiger partial charge in [0.25, 0.3) is 0 Å². The van der Waals surface area contributed by atoms with E-state index in [4.69, 9.17) is 11.5 Å². The zero-order valence-corrected chi connectivity index (χ0v) is 8.02. The van der Waals surface area contributed by atoms with Crippen molar-refractivity contribution in [3.8, 4) is 0 Å². The highest BCUT2D eigenvalue weighted by Gasteiger charge is 2.12. The van der Waals surface area contributed by atoms with E-state index in [1.807, 2.05) is 0 Å². The lowest BCUT2D eigenvalue weighted by Gasteiger charge is -2.06. The SMILES string of the molecule is NCCCC[C@H](N)C(=O)O[PH2]=O. The van der Waals surface area contributed by atoms with Gasteiger partial charge in [-0.3, -0.25) is 9.36 Å². The van der Waals surface area contributed by atoms with Crippen LogP contribution in [0.1, 0.15) is 19.3 Å². The molecule has 0 aliphatic rings. The maximum atomic E-state index is 10.8. The van der Waals surface area contributed by atoms with Gasteiger partial charge in [-0.15, -0.1) is 0 Å². The quantitative estimate of drug-likeness (QED) is 0.445. The lowest BCUT2D eigenvalue weighted by molar-refractivity contribution is -0.135. The summed E-state index contributed by atoms with van der Waals surface area (Å²) in [4.78, 5) is 10.8. The van der Waals surface area contributed by atoms with Gasteiger partial charge >= 0.3 is 5.97 Å². The van der Waals surface area contributed by atoms with Crippen molar-refractivity contribution in [2.75, 3.05) is 6.54 Å². The van der Waals surface area contributed by atoms with E-state index < -0.39 is 20.7 Å². The van der Waals surface area contributed by atoms with Gasteiger partial charge in [-0.05, 0) is 19.4 Å². The summed E-state index contributed by atoms with van der Waals surface area (Å²) in [5.41, 5.74) is 10.6. The molecule has 0 saturated carbocycles. The predicted octanol–water partition coefficient (Wildman–Crippen LogP) is -0.343. The molecule has 0 aromatic heterocycles. The van der Waals surface area contributed by atoms with Gasteiger partial charge in [0.2, 0.25) is 8.69 Å². The normalized spacial score (nSPS) is 13.5. The Morgan fingerprint density at radius 1 is 1.50 bits per heavy atom. The number of carbonyl (C=O) groups is 1. The number of hydrogen-bond acceptors (Lipinski definition) is 5. The van der Waals surface area contributed by atoms with Gasteiger partial charge in [0.1, 0.15) is 6.04 Å². The highest BCUT2D eigenvalue weighted by atomic mass is 31.1. The fraction of sp³-hybridized carbons (Fsp3) is 0.833. The van der Waals surface area contributed by atoms with Crippen LogP contribution in [-0.4, -0.2) is 18.6 Å². The van der Waals surface area contributed by atoms with Crippen LogP contribution in [0, 0.1) is 0 Å². The smallest absolute Gasteiger partial charge is 0.327 e. The number of unbranched alkanes of at least 4 members (excludes halogenated alkanes) is 1. The molecule has 0 fully saturated rings. The van der Waals surface area contributed by atoms with Crippen molar-refractivity contribution in [1.29, 1.82) is 0 Å². The molecule has 2 atom stereocenters. The first kappa shape index (κ1) is 11.6. The monoisotopic (exact) mass is 194 g/mol. The highest BCUT2D eigenvalue weighted by molar-refractivity contribution is 7.18. The van der Waals surface area contributed by atoms with E-state index in [1.54, 1.807) is 0 Å². The second kappa shape index (κ2) is 7.28. The molecule has 0 radical (unpaired) electrons. The van der Waals surface area contributed by atoms with E-state index in [0.29, 0.717) is 13.0 Å². The molecule has 0 aliphatic heterocycles. The van der Waals surface area contributed by atoms with Crippen LogP contribution < -0.4 is 11.5 Å². The number of hydrogen-bond donors (Lipinski definition) is 2. The van der Waals surface area contributed by atoms with Gasteiger partial charge in [0.05, 0.1) is 0 Å². The molecule has 0 rings (SSSR count). The highest BCUT2D eigenvalue weighted by Crippen LogP contribution is 2.03. The van der Waals surface area contributed by atoms with Crippen LogP contribution in [0.5, 0.6) is 0 Å². The largest absolute Gasteiger partial charge is 0.415 e. The van der Waals surface area contributed by atoms with E-state index in [9.17, 15) is 9.36 Å². The summed E-state index contributed by atoms with van der Waals surface area (Å²) >= 11 is 0. The summed E-state index contributed by atoms with van der Waals surface area (Å²) in [5.74, 6) is -0.586. The lowest BCUT2D eigenvalue weighted by Crippen LogP contribution is -2.30. The number of rotatable bonds is 6. The minimum Gasteiger partial charge on any atom is -0.415 e. The van der Waals surface area contributed by atoms with Crippen molar-refractivity contribution in [2.24, 2.45) is 11.5 Å². The van der Waals surface area contributed by atoms with E-state index in [1.165, 1.54) is 0 Å². The zero-order valence-electron chi connectivity index (χ0n) is 6.86. The molecule has 12 heavy (non-hydrogen) atoms. The van der Waals surface area contributed by atoms with Crippen molar-refractivity contribution >= 4 is 14.7 Å². The molecular weight excluding hydrogens is 179 g/mol. The van der Waals surface area contributed by atoms with Crippen LogP contribution in [0.25, 0.3) is 0 Å². The topological polar surface area (TPSA) is 95.4 Å². The molecule has 0 bridgehead atoms. The average Bonchev–Trinajstić information content (AvgIpc) is 2.05. The van der Waals surface area contributed by atoms with Gasteiger partial charge in [-0.25, -0.2) is 0 Å². The van der Waals surface area contributed by atoms with Crippen LogP contribution in [0.4, 0.5) is 0 Å². The minimum absolute atomic E-state index is 0.537. The molecule has 72 valence electrons. The fourth-order valence-electron chi connectivity index (χ4n) is 0.761. The summed E-state index contributed by atoms with van der Waals surface area (Å²) in [6.45, 7) is 0.592. The molecule has 1 unspecified atom stereocenters. The first-order chi connectivity index (χ1) is 5.72. The third kappa shape index (κ3) is 5.29. The Balaban J connectivity index is 3.49. The van der Waals surface area contributed by atoms with Crippen LogP contribution in [0.2, 0.25) is 0 Å². The molecule has 0 aromatic carbocycles. The number of nitrogens with two attached hydrogens (primary N) is 2. The van der Waals surface area contributed by atoms with E-state index in [-0.39, 0.29) is 0 Å². The van der Waals surface area contributed by atoms with Gasteiger partial charge in [-0.2, -0.15) is 0 Å². The average molecular weight is 194 g/mol. The second-order valence-corrected chi connectivity index (χ2v) is 2.85. The molecule has 0 amide bonds. The Labute approximate surface area is 72.7 Å². The molecule has 6 heteroatoms. The third-order valence-electron chi connectivity index (χ3n) is 1.44.